The average molecular weight is 317 g/mol. The Hall–Kier alpha value is -2.56. The number of amides is 1. The standard InChI is InChI=1S/C18H20FNO3/c1-3-22-16-8-4-14(5-9-16)13(2)20-18(21)12-23-17-10-6-15(19)7-11-17/h4-11,13H,3,12H2,1-2H3,(H,20,21). The van der Waals surface area contributed by atoms with E-state index in [1.807, 2.05) is 38.1 Å². The molecule has 0 heterocycles. The molecular formula is C18H20FNO3. The lowest BCUT2D eigenvalue weighted by Gasteiger charge is -2.15. The molecule has 5 heteroatoms. The second-order valence-electron chi connectivity index (χ2n) is 5.03. The molecular weight excluding hydrogens is 297 g/mol. The summed E-state index contributed by atoms with van der Waals surface area (Å²) in [7, 11) is 0. The molecule has 0 aromatic heterocycles. The summed E-state index contributed by atoms with van der Waals surface area (Å²) < 4.78 is 23.5. The molecule has 0 aliphatic heterocycles. The quantitative estimate of drug-likeness (QED) is 0.850. The van der Waals surface area contributed by atoms with Crippen molar-refractivity contribution in [2.75, 3.05) is 13.2 Å². The van der Waals surface area contributed by atoms with Crippen LogP contribution in [0.2, 0.25) is 0 Å². The van der Waals surface area contributed by atoms with E-state index in [0.29, 0.717) is 12.4 Å². The van der Waals surface area contributed by atoms with Crippen LogP contribution in [-0.2, 0) is 4.79 Å². The van der Waals surface area contributed by atoms with E-state index >= 15 is 0 Å². The predicted molar refractivity (Wildman–Crippen MR) is 86.1 cm³/mol. The zero-order chi connectivity index (χ0) is 16.7. The number of hydrogen-bond acceptors (Lipinski definition) is 3. The first-order chi connectivity index (χ1) is 11.1. The topological polar surface area (TPSA) is 47.6 Å². The van der Waals surface area contributed by atoms with Gasteiger partial charge in [-0.3, -0.25) is 4.79 Å². The Morgan fingerprint density at radius 3 is 2.22 bits per heavy atom. The first-order valence-corrected chi connectivity index (χ1v) is 7.49. The first-order valence-electron chi connectivity index (χ1n) is 7.49. The molecule has 1 atom stereocenters. The normalized spacial score (nSPS) is 11.6. The van der Waals surface area contributed by atoms with Gasteiger partial charge in [-0.1, -0.05) is 12.1 Å². The molecule has 1 amide bonds. The molecule has 0 spiro atoms. The van der Waals surface area contributed by atoms with Crippen LogP contribution in [-0.4, -0.2) is 19.1 Å². The largest absolute Gasteiger partial charge is 0.494 e. The molecule has 23 heavy (non-hydrogen) atoms. The van der Waals surface area contributed by atoms with E-state index in [1.165, 1.54) is 24.3 Å². The van der Waals surface area contributed by atoms with Gasteiger partial charge in [-0.15, -0.1) is 0 Å². The van der Waals surface area contributed by atoms with Gasteiger partial charge >= 0.3 is 0 Å². The SMILES string of the molecule is CCOc1ccc(C(C)NC(=O)COc2ccc(F)cc2)cc1. The fourth-order valence-electron chi connectivity index (χ4n) is 2.07. The number of hydrogen-bond donors (Lipinski definition) is 1. The van der Waals surface area contributed by atoms with Crippen LogP contribution >= 0.6 is 0 Å². The molecule has 0 radical (unpaired) electrons. The maximum atomic E-state index is 12.8. The summed E-state index contributed by atoms with van der Waals surface area (Å²) in [6.07, 6.45) is 0. The van der Waals surface area contributed by atoms with E-state index in [0.717, 1.165) is 11.3 Å². The van der Waals surface area contributed by atoms with Crippen LogP contribution in [0.3, 0.4) is 0 Å². The van der Waals surface area contributed by atoms with E-state index in [2.05, 4.69) is 5.32 Å². The maximum Gasteiger partial charge on any atom is 0.258 e. The van der Waals surface area contributed by atoms with Crippen LogP contribution in [0.5, 0.6) is 11.5 Å². The van der Waals surface area contributed by atoms with E-state index < -0.39 is 0 Å². The second kappa shape index (κ2) is 8.17. The van der Waals surface area contributed by atoms with E-state index in [1.54, 1.807) is 0 Å². The first kappa shape index (κ1) is 16.8. The third-order valence-corrected chi connectivity index (χ3v) is 3.25. The number of benzene rings is 2. The summed E-state index contributed by atoms with van der Waals surface area (Å²) in [5.41, 5.74) is 0.976. The van der Waals surface area contributed by atoms with Gasteiger partial charge in [-0.05, 0) is 55.8 Å². The molecule has 1 unspecified atom stereocenters. The monoisotopic (exact) mass is 317 g/mol. The molecule has 2 aromatic rings. The van der Waals surface area contributed by atoms with Crippen molar-refractivity contribution in [3.05, 3.63) is 59.9 Å². The van der Waals surface area contributed by atoms with E-state index in [4.69, 9.17) is 9.47 Å². The Morgan fingerprint density at radius 2 is 1.61 bits per heavy atom. The van der Waals surface area contributed by atoms with Crippen molar-refractivity contribution in [3.8, 4) is 11.5 Å². The van der Waals surface area contributed by atoms with Crippen LogP contribution < -0.4 is 14.8 Å². The van der Waals surface area contributed by atoms with Crippen molar-refractivity contribution in [3.63, 3.8) is 0 Å². The summed E-state index contributed by atoms with van der Waals surface area (Å²) in [4.78, 5) is 11.9. The molecule has 0 aliphatic carbocycles. The van der Waals surface area contributed by atoms with Crippen molar-refractivity contribution in [1.29, 1.82) is 0 Å². The lowest BCUT2D eigenvalue weighted by atomic mass is 10.1. The Kier molecular flexibility index (Phi) is 5.97. The zero-order valence-corrected chi connectivity index (χ0v) is 13.2. The third-order valence-electron chi connectivity index (χ3n) is 3.25. The average Bonchev–Trinajstić information content (AvgIpc) is 2.55. The van der Waals surface area contributed by atoms with Crippen LogP contribution in [0.15, 0.2) is 48.5 Å². The van der Waals surface area contributed by atoms with Gasteiger partial charge in [0.25, 0.3) is 5.91 Å². The molecule has 0 aliphatic rings. The molecule has 122 valence electrons. The van der Waals surface area contributed by atoms with Gasteiger partial charge in [-0.2, -0.15) is 0 Å². The lowest BCUT2D eigenvalue weighted by molar-refractivity contribution is -0.123. The van der Waals surface area contributed by atoms with Crippen molar-refractivity contribution < 1.29 is 18.7 Å². The van der Waals surface area contributed by atoms with E-state index in [-0.39, 0.29) is 24.4 Å². The van der Waals surface area contributed by atoms with Crippen molar-refractivity contribution in [2.24, 2.45) is 0 Å². The second-order valence-corrected chi connectivity index (χ2v) is 5.03. The lowest BCUT2D eigenvalue weighted by Crippen LogP contribution is -2.31. The highest BCUT2D eigenvalue weighted by Gasteiger charge is 2.10. The summed E-state index contributed by atoms with van der Waals surface area (Å²) >= 11 is 0. The fourth-order valence-corrected chi connectivity index (χ4v) is 2.07. The predicted octanol–water partition coefficient (Wildman–Crippen LogP) is 3.48. The maximum absolute atomic E-state index is 12.8. The number of ether oxygens (including phenoxy) is 2. The molecule has 0 saturated heterocycles. The third kappa shape index (κ3) is 5.29. The van der Waals surface area contributed by atoms with Crippen molar-refractivity contribution in [2.45, 2.75) is 19.9 Å². The van der Waals surface area contributed by atoms with Gasteiger partial charge in [0.15, 0.2) is 6.61 Å². The Balaban J connectivity index is 1.82. The summed E-state index contributed by atoms with van der Waals surface area (Å²) in [6.45, 7) is 4.32. The van der Waals surface area contributed by atoms with Gasteiger partial charge < -0.3 is 14.8 Å². The Morgan fingerprint density at radius 1 is 1.04 bits per heavy atom. The number of rotatable bonds is 7. The number of halogens is 1. The van der Waals surface area contributed by atoms with Crippen LogP contribution in [0.4, 0.5) is 4.39 Å². The van der Waals surface area contributed by atoms with E-state index in [9.17, 15) is 9.18 Å². The Labute approximate surface area is 135 Å². The smallest absolute Gasteiger partial charge is 0.258 e. The molecule has 0 saturated carbocycles. The van der Waals surface area contributed by atoms with Crippen molar-refractivity contribution >= 4 is 5.91 Å². The minimum Gasteiger partial charge on any atom is -0.494 e. The highest BCUT2D eigenvalue weighted by molar-refractivity contribution is 5.78. The highest BCUT2D eigenvalue weighted by Crippen LogP contribution is 2.17. The van der Waals surface area contributed by atoms with Crippen LogP contribution in [0.25, 0.3) is 0 Å². The van der Waals surface area contributed by atoms with Crippen LogP contribution in [0, 0.1) is 5.82 Å². The fraction of sp³-hybridized carbons (Fsp3) is 0.278. The minimum atomic E-state index is -0.342. The van der Waals surface area contributed by atoms with Gasteiger partial charge in [0.1, 0.15) is 17.3 Å². The van der Waals surface area contributed by atoms with Gasteiger partial charge in [0.05, 0.1) is 12.6 Å². The summed E-state index contributed by atoms with van der Waals surface area (Å²) in [5, 5.41) is 2.85. The summed E-state index contributed by atoms with van der Waals surface area (Å²) in [5.74, 6) is 0.673. The van der Waals surface area contributed by atoms with Gasteiger partial charge in [0.2, 0.25) is 0 Å². The molecule has 2 aromatic carbocycles. The number of nitrogens with one attached hydrogen (secondary N) is 1. The molecule has 0 bridgehead atoms. The number of carbonyl (C=O) groups is 1. The molecule has 4 nitrogen and oxygen atoms in total. The van der Waals surface area contributed by atoms with Gasteiger partial charge in [0, 0.05) is 0 Å². The number of carbonyl (C=O) groups excluding carboxylic acids is 1. The zero-order valence-electron chi connectivity index (χ0n) is 13.2. The molecule has 1 N–H and O–H groups in total. The molecule has 2 rings (SSSR count). The van der Waals surface area contributed by atoms with Gasteiger partial charge in [-0.25, -0.2) is 4.39 Å². The highest BCUT2D eigenvalue weighted by atomic mass is 19.1. The Bertz CT molecular complexity index is 626. The summed E-state index contributed by atoms with van der Waals surface area (Å²) in [6, 6.07) is 13.0. The minimum absolute atomic E-state index is 0.118. The molecule has 0 fully saturated rings. The van der Waals surface area contributed by atoms with Crippen LogP contribution in [0.1, 0.15) is 25.5 Å². The van der Waals surface area contributed by atoms with Crippen molar-refractivity contribution in [1.82, 2.24) is 5.32 Å².